The average Bonchev–Trinajstić information content (AvgIpc) is 2.10. The molecule has 0 radical (unpaired) electrons. The lowest BCUT2D eigenvalue weighted by Gasteiger charge is -2.14. The van der Waals surface area contributed by atoms with Crippen LogP contribution < -0.4 is 10.6 Å². The van der Waals surface area contributed by atoms with Crippen molar-refractivity contribution in [3.63, 3.8) is 0 Å². The summed E-state index contributed by atoms with van der Waals surface area (Å²) >= 11 is 4.70. The third-order valence-electron chi connectivity index (χ3n) is 1.48. The molecule has 0 bridgehead atoms. The fraction of sp³-hybridized carbons (Fsp3) is 0.571. The lowest BCUT2D eigenvalue weighted by molar-refractivity contribution is -0.140. The molecule has 1 atom stereocenters. The predicted molar refractivity (Wildman–Crippen MR) is 53.1 cm³/mol. The summed E-state index contributed by atoms with van der Waals surface area (Å²) in [6.07, 6.45) is -0.219. The summed E-state index contributed by atoms with van der Waals surface area (Å²) < 4.78 is 0. The third kappa shape index (κ3) is 5.31. The van der Waals surface area contributed by atoms with Gasteiger partial charge in [0.25, 0.3) is 0 Å². The minimum Gasteiger partial charge on any atom is -0.481 e. The number of carboxylic acids is 2. The van der Waals surface area contributed by atoms with Crippen molar-refractivity contribution in [1.82, 2.24) is 10.6 Å². The van der Waals surface area contributed by atoms with E-state index in [0.717, 1.165) is 0 Å². The lowest BCUT2D eigenvalue weighted by Crippen LogP contribution is -2.44. The van der Waals surface area contributed by atoms with Crippen LogP contribution in [0.2, 0.25) is 0 Å². The first kappa shape index (κ1) is 12.6. The van der Waals surface area contributed by atoms with E-state index in [0.29, 0.717) is 0 Å². The van der Waals surface area contributed by atoms with Gasteiger partial charge < -0.3 is 20.8 Å². The number of hydrogen-bond donors (Lipinski definition) is 4. The van der Waals surface area contributed by atoms with E-state index in [-0.39, 0.29) is 18.0 Å². The molecule has 4 N–H and O–H groups in total. The van der Waals surface area contributed by atoms with Crippen LogP contribution in [0.15, 0.2) is 0 Å². The monoisotopic (exact) mass is 220 g/mol. The van der Waals surface area contributed by atoms with Gasteiger partial charge >= 0.3 is 11.9 Å². The Hall–Kier alpha value is -1.37. The van der Waals surface area contributed by atoms with Crippen molar-refractivity contribution in [2.24, 2.45) is 0 Å². The number of aliphatic carboxylic acids is 2. The van der Waals surface area contributed by atoms with E-state index in [4.69, 9.17) is 22.4 Å². The summed E-state index contributed by atoms with van der Waals surface area (Å²) in [6, 6.07) is -0.967. The fourth-order valence-electron chi connectivity index (χ4n) is 0.756. The Morgan fingerprint density at radius 1 is 1.43 bits per heavy atom. The van der Waals surface area contributed by atoms with E-state index in [2.05, 4.69) is 10.6 Å². The molecule has 7 heteroatoms. The van der Waals surface area contributed by atoms with Crippen molar-refractivity contribution >= 4 is 29.3 Å². The molecule has 80 valence electrons. The number of carboxylic acid groups (broad SMARTS) is 2. The highest BCUT2D eigenvalue weighted by atomic mass is 32.1. The third-order valence-corrected chi connectivity index (χ3v) is 1.80. The van der Waals surface area contributed by atoms with Gasteiger partial charge in [0.15, 0.2) is 5.11 Å². The standard InChI is InChI=1S/C7H12N2O4S/c1-8-7(14)9-4(6(12)13)2-3-5(10)11/h4H,2-3H2,1H3,(H,10,11)(H,12,13)(H2,8,9,14). The van der Waals surface area contributed by atoms with Gasteiger partial charge in [-0.05, 0) is 18.6 Å². The molecule has 0 saturated carbocycles. The Morgan fingerprint density at radius 2 is 2.00 bits per heavy atom. The summed E-state index contributed by atoms with van der Waals surface area (Å²) in [5.74, 6) is -2.16. The maximum absolute atomic E-state index is 10.6. The van der Waals surface area contributed by atoms with Crippen molar-refractivity contribution in [1.29, 1.82) is 0 Å². The van der Waals surface area contributed by atoms with Crippen LogP contribution in [0.3, 0.4) is 0 Å². The highest BCUT2D eigenvalue weighted by molar-refractivity contribution is 7.80. The Bertz CT molecular complexity index is 244. The summed E-state index contributed by atoms with van der Waals surface area (Å²) in [5, 5.41) is 22.3. The number of rotatable bonds is 5. The summed E-state index contributed by atoms with van der Waals surface area (Å²) in [4.78, 5) is 20.8. The highest BCUT2D eigenvalue weighted by Gasteiger charge is 2.18. The van der Waals surface area contributed by atoms with Crippen molar-refractivity contribution < 1.29 is 19.8 Å². The van der Waals surface area contributed by atoms with Gasteiger partial charge in [0.1, 0.15) is 6.04 Å². The minimum atomic E-state index is -1.12. The molecule has 0 heterocycles. The van der Waals surface area contributed by atoms with Crippen LogP contribution in [0.5, 0.6) is 0 Å². The molecule has 0 aliphatic rings. The van der Waals surface area contributed by atoms with Crippen molar-refractivity contribution in [2.75, 3.05) is 7.05 Å². The topological polar surface area (TPSA) is 98.7 Å². The quantitative estimate of drug-likeness (QED) is 0.459. The van der Waals surface area contributed by atoms with E-state index < -0.39 is 18.0 Å². The fourth-order valence-corrected chi connectivity index (χ4v) is 0.898. The zero-order valence-electron chi connectivity index (χ0n) is 7.61. The Morgan fingerprint density at radius 3 is 2.36 bits per heavy atom. The SMILES string of the molecule is CNC(=S)NC(CCC(=O)O)C(=O)O. The van der Waals surface area contributed by atoms with Gasteiger partial charge in [0.05, 0.1) is 0 Å². The van der Waals surface area contributed by atoms with Crippen LogP contribution in [-0.2, 0) is 9.59 Å². The molecule has 0 aromatic carbocycles. The molecule has 0 aliphatic carbocycles. The molecule has 0 rings (SSSR count). The van der Waals surface area contributed by atoms with E-state index in [1.54, 1.807) is 7.05 Å². The lowest BCUT2D eigenvalue weighted by atomic mass is 10.1. The molecular formula is C7H12N2O4S. The molecule has 0 spiro atoms. The second-order valence-electron chi connectivity index (χ2n) is 2.55. The van der Waals surface area contributed by atoms with Crippen LogP contribution in [-0.4, -0.2) is 40.4 Å². The van der Waals surface area contributed by atoms with Gasteiger partial charge in [-0.1, -0.05) is 0 Å². The zero-order chi connectivity index (χ0) is 11.1. The van der Waals surface area contributed by atoms with Gasteiger partial charge in [-0.2, -0.15) is 0 Å². The van der Waals surface area contributed by atoms with Crippen molar-refractivity contribution in [2.45, 2.75) is 18.9 Å². The van der Waals surface area contributed by atoms with Crippen LogP contribution in [0.25, 0.3) is 0 Å². The smallest absolute Gasteiger partial charge is 0.326 e. The largest absolute Gasteiger partial charge is 0.481 e. The normalized spacial score (nSPS) is 11.5. The molecule has 0 saturated heterocycles. The maximum atomic E-state index is 10.6. The molecule has 14 heavy (non-hydrogen) atoms. The number of thiocarbonyl (C=S) groups is 1. The van der Waals surface area contributed by atoms with Crippen LogP contribution in [0, 0.1) is 0 Å². The number of nitrogens with one attached hydrogen (secondary N) is 2. The zero-order valence-corrected chi connectivity index (χ0v) is 8.43. The molecular weight excluding hydrogens is 208 g/mol. The van der Waals surface area contributed by atoms with Crippen LogP contribution in [0.1, 0.15) is 12.8 Å². The first-order valence-electron chi connectivity index (χ1n) is 3.90. The first-order chi connectivity index (χ1) is 6.47. The summed E-state index contributed by atoms with van der Waals surface area (Å²) in [5.41, 5.74) is 0. The molecule has 0 amide bonds. The van der Waals surface area contributed by atoms with Crippen LogP contribution in [0.4, 0.5) is 0 Å². The summed E-state index contributed by atoms with van der Waals surface area (Å²) in [7, 11) is 1.55. The predicted octanol–water partition coefficient (Wildman–Crippen LogP) is -0.602. The van der Waals surface area contributed by atoms with E-state index in [9.17, 15) is 9.59 Å². The Balaban J connectivity index is 4.09. The molecule has 0 fully saturated rings. The Kier molecular flexibility index (Phi) is 5.54. The molecule has 6 nitrogen and oxygen atoms in total. The van der Waals surface area contributed by atoms with E-state index in [1.807, 2.05) is 0 Å². The van der Waals surface area contributed by atoms with Gasteiger partial charge in [0.2, 0.25) is 0 Å². The van der Waals surface area contributed by atoms with Crippen LogP contribution >= 0.6 is 12.2 Å². The average molecular weight is 220 g/mol. The van der Waals surface area contributed by atoms with Crippen molar-refractivity contribution in [3.05, 3.63) is 0 Å². The van der Waals surface area contributed by atoms with Gasteiger partial charge in [-0.15, -0.1) is 0 Å². The van der Waals surface area contributed by atoms with Gasteiger partial charge in [0, 0.05) is 13.5 Å². The number of carbonyl (C=O) groups is 2. The Labute approximate surface area is 86.3 Å². The minimum absolute atomic E-state index is 0.00745. The maximum Gasteiger partial charge on any atom is 0.326 e. The molecule has 0 aromatic heterocycles. The van der Waals surface area contributed by atoms with Gasteiger partial charge in [-0.3, -0.25) is 4.79 Å². The van der Waals surface area contributed by atoms with E-state index in [1.165, 1.54) is 0 Å². The van der Waals surface area contributed by atoms with Crippen molar-refractivity contribution in [3.8, 4) is 0 Å². The van der Waals surface area contributed by atoms with Gasteiger partial charge in [-0.25, -0.2) is 4.79 Å². The molecule has 1 unspecified atom stereocenters. The second kappa shape index (κ2) is 6.14. The first-order valence-corrected chi connectivity index (χ1v) is 4.31. The summed E-state index contributed by atoms with van der Waals surface area (Å²) in [6.45, 7) is 0. The van der Waals surface area contributed by atoms with E-state index >= 15 is 0 Å². The molecule has 0 aliphatic heterocycles. The molecule has 0 aromatic rings. The second-order valence-corrected chi connectivity index (χ2v) is 2.95. The highest BCUT2D eigenvalue weighted by Crippen LogP contribution is 1.97. The number of hydrogen-bond acceptors (Lipinski definition) is 3.